The summed E-state index contributed by atoms with van der Waals surface area (Å²) < 4.78 is 6.52. The molecule has 1 aromatic carbocycles. The number of piperidine rings is 1. The summed E-state index contributed by atoms with van der Waals surface area (Å²) >= 11 is 1.80. The molecule has 1 aliphatic carbocycles. The molecule has 1 N–H and O–H groups in total. The largest absolute Gasteiger partial charge is 0.497 e. The molecule has 1 aromatic heterocycles. The number of rotatable bonds is 6. The van der Waals surface area contributed by atoms with E-state index in [1.807, 2.05) is 6.07 Å². The average molecular weight is 368 g/mol. The Kier molecular flexibility index (Phi) is 5.98. The smallest absolute Gasteiger partial charge is 0.120 e. The van der Waals surface area contributed by atoms with E-state index in [4.69, 9.17) is 9.72 Å². The van der Waals surface area contributed by atoms with Gasteiger partial charge in [-0.05, 0) is 56.3 Å². The van der Waals surface area contributed by atoms with Crippen LogP contribution < -0.4 is 10.1 Å². The number of nitrogens with zero attached hydrogens (tertiary/aromatic N) is 2. The van der Waals surface area contributed by atoms with Gasteiger partial charge in [-0.2, -0.15) is 0 Å². The predicted octanol–water partition coefficient (Wildman–Crippen LogP) is 3.69. The highest BCUT2D eigenvalue weighted by molar-refractivity contribution is 7.18. The first-order valence-electron chi connectivity index (χ1n) is 8.69. The van der Waals surface area contributed by atoms with Crippen molar-refractivity contribution in [1.82, 2.24) is 15.2 Å². The fraction of sp³-hybridized carbons (Fsp3) is 0.611. The summed E-state index contributed by atoms with van der Waals surface area (Å²) in [7, 11) is 1.71. The molecular weight excluding hydrogens is 342 g/mol. The lowest BCUT2D eigenvalue weighted by atomic mass is 10.0. The molecule has 1 aliphatic heterocycles. The van der Waals surface area contributed by atoms with Crippen LogP contribution in [0.25, 0.3) is 10.2 Å². The van der Waals surface area contributed by atoms with Gasteiger partial charge in [-0.3, -0.25) is 4.90 Å². The van der Waals surface area contributed by atoms with Crippen molar-refractivity contribution in [2.24, 2.45) is 5.92 Å². The van der Waals surface area contributed by atoms with Crippen LogP contribution in [0.4, 0.5) is 0 Å². The first-order valence-corrected chi connectivity index (χ1v) is 9.51. The molecule has 4 rings (SSSR count). The van der Waals surface area contributed by atoms with E-state index in [2.05, 4.69) is 22.3 Å². The van der Waals surface area contributed by atoms with Crippen LogP contribution in [0.3, 0.4) is 0 Å². The first-order chi connectivity index (χ1) is 11.3. The zero-order valence-electron chi connectivity index (χ0n) is 14.2. The van der Waals surface area contributed by atoms with E-state index in [0.29, 0.717) is 0 Å². The van der Waals surface area contributed by atoms with Gasteiger partial charge in [-0.15, -0.1) is 23.7 Å². The molecule has 0 bridgehead atoms. The molecular formula is C18H26ClN3OS. The van der Waals surface area contributed by atoms with E-state index < -0.39 is 0 Å². The molecule has 24 heavy (non-hydrogen) atoms. The minimum atomic E-state index is 0. The second-order valence-corrected chi connectivity index (χ2v) is 7.96. The number of fused-ring (bicyclic) bond motifs is 1. The Hall–Kier alpha value is -0.880. The lowest BCUT2D eigenvalue weighted by Gasteiger charge is -2.31. The number of hydrogen-bond donors (Lipinski definition) is 1. The van der Waals surface area contributed by atoms with Crippen molar-refractivity contribution in [3.8, 4) is 5.75 Å². The topological polar surface area (TPSA) is 37.4 Å². The SMILES string of the molecule is COc1ccc2nc(CN3CCC(NCC4CC4)CC3)sc2c1.Cl. The Morgan fingerprint density at radius 1 is 1.25 bits per heavy atom. The Morgan fingerprint density at radius 2 is 2.04 bits per heavy atom. The number of halogens is 1. The minimum Gasteiger partial charge on any atom is -0.497 e. The van der Waals surface area contributed by atoms with Crippen molar-refractivity contribution in [1.29, 1.82) is 0 Å². The third-order valence-electron chi connectivity index (χ3n) is 4.98. The van der Waals surface area contributed by atoms with Gasteiger partial charge in [0.15, 0.2) is 0 Å². The number of likely N-dealkylation sites (tertiary alicyclic amines) is 1. The van der Waals surface area contributed by atoms with Crippen molar-refractivity contribution in [3.63, 3.8) is 0 Å². The Morgan fingerprint density at radius 3 is 2.75 bits per heavy atom. The van der Waals surface area contributed by atoms with Gasteiger partial charge in [0, 0.05) is 19.1 Å². The van der Waals surface area contributed by atoms with Crippen molar-refractivity contribution < 1.29 is 4.74 Å². The maximum atomic E-state index is 5.30. The van der Waals surface area contributed by atoms with Gasteiger partial charge in [0.25, 0.3) is 0 Å². The minimum absolute atomic E-state index is 0. The molecule has 1 saturated carbocycles. The number of methoxy groups -OCH3 is 1. The van der Waals surface area contributed by atoms with Gasteiger partial charge in [-0.1, -0.05) is 0 Å². The maximum Gasteiger partial charge on any atom is 0.120 e. The van der Waals surface area contributed by atoms with E-state index in [0.717, 1.165) is 29.8 Å². The van der Waals surface area contributed by atoms with Gasteiger partial charge in [0.1, 0.15) is 10.8 Å². The lowest BCUT2D eigenvalue weighted by molar-refractivity contribution is 0.190. The highest BCUT2D eigenvalue weighted by atomic mass is 35.5. The van der Waals surface area contributed by atoms with Gasteiger partial charge in [0.2, 0.25) is 0 Å². The lowest BCUT2D eigenvalue weighted by Crippen LogP contribution is -2.42. The Labute approximate surface area is 154 Å². The number of hydrogen-bond acceptors (Lipinski definition) is 5. The summed E-state index contributed by atoms with van der Waals surface area (Å²) in [5.74, 6) is 1.89. The number of aromatic nitrogens is 1. The summed E-state index contributed by atoms with van der Waals surface area (Å²) in [6.45, 7) is 4.59. The van der Waals surface area contributed by atoms with Crippen molar-refractivity contribution in [2.45, 2.75) is 38.3 Å². The summed E-state index contributed by atoms with van der Waals surface area (Å²) in [6.07, 6.45) is 5.42. The van der Waals surface area contributed by atoms with Crippen LogP contribution in [0.2, 0.25) is 0 Å². The fourth-order valence-corrected chi connectivity index (χ4v) is 4.33. The summed E-state index contributed by atoms with van der Waals surface area (Å²) in [6, 6.07) is 6.86. The van der Waals surface area contributed by atoms with Crippen molar-refractivity contribution in [3.05, 3.63) is 23.2 Å². The highest BCUT2D eigenvalue weighted by Gasteiger charge is 2.24. The van der Waals surface area contributed by atoms with E-state index >= 15 is 0 Å². The molecule has 1 saturated heterocycles. The molecule has 132 valence electrons. The molecule has 2 aliphatic rings. The predicted molar refractivity (Wildman–Crippen MR) is 102 cm³/mol. The molecule has 4 nitrogen and oxygen atoms in total. The second-order valence-electron chi connectivity index (χ2n) is 6.84. The fourth-order valence-electron chi connectivity index (χ4n) is 3.29. The van der Waals surface area contributed by atoms with Crippen LogP contribution in [0.5, 0.6) is 5.75 Å². The summed E-state index contributed by atoms with van der Waals surface area (Å²) in [4.78, 5) is 7.32. The van der Waals surface area contributed by atoms with Crippen LogP contribution in [-0.4, -0.2) is 42.7 Å². The number of benzene rings is 1. The van der Waals surface area contributed by atoms with Crippen molar-refractivity contribution in [2.75, 3.05) is 26.7 Å². The van der Waals surface area contributed by atoms with Crippen LogP contribution >= 0.6 is 23.7 Å². The molecule has 6 heteroatoms. The summed E-state index contributed by atoms with van der Waals surface area (Å²) in [5.41, 5.74) is 1.09. The van der Waals surface area contributed by atoms with Crippen LogP contribution in [0.15, 0.2) is 18.2 Å². The van der Waals surface area contributed by atoms with E-state index in [1.165, 1.54) is 55.0 Å². The Balaban J connectivity index is 0.00000169. The average Bonchev–Trinajstić information content (AvgIpc) is 3.32. The van der Waals surface area contributed by atoms with Crippen molar-refractivity contribution >= 4 is 34.0 Å². The van der Waals surface area contributed by atoms with Gasteiger partial charge in [-0.25, -0.2) is 4.98 Å². The first kappa shape index (κ1) is 17.9. The zero-order chi connectivity index (χ0) is 15.6. The molecule has 2 fully saturated rings. The standard InChI is InChI=1S/C18H25N3OS.ClH/c1-22-15-4-5-16-17(10-15)23-18(20-16)12-21-8-6-14(7-9-21)19-11-13-2-3-13;/h4-5,10,13-14,19H,2-3,6-9,11-12H2,1H3;1H. The molecule has 2 aromatic rings. The van der Waals surface area contributed by atoms with Crippen LogP contribution in [0.1, 0.15) is 30.7 Å². The molecule has 0 radical (unpaired) electrons. The zero-order valence-corrected chi connectivity index (χ0v) is 15.8. The third-order valence-corrected chi connectivity index (χ3v) is 5.98. The van der Waals surface area contributed by atoms with Crippen LogP contribution in [-0.2, 0) is 6.54 Å². The van der Waals surface area contributed by atoms with Gasteiger partial charge in [0.05, 0.1) is 23.9 Å². The molecule has 2 heterocycles. The number of thiazole rings is 1. The van der Waals surface area contributed by atoms with E-state index in [9.17, 15) is 0 Å². The summed E-state index contributed by atoms with van der Waals surface area (Å²) in [5, 5.41) is 4.97. The van der Waals surface area contributed by atoms with Gasteiger partial charge >= 0.3 is 0 Å². The number of nitrogens with one attached hydrogen (secondary N) is 1. The van der Waals surface area contributed by atoms with Crippen LogP contribution in [0, 0.1) is 5.92 Å². The quantitative estimate of drug-likeness (QED) is 0.844. The molecule has 0 unspecified atom stereocenters. The number of ether oxygens (including phenoxy) is 1. The monoisotopic (exact) mass is 367 g/mol. The highest BCUT2D eigenvalue weighted by Crippen LogP contribution is 2.29. The van der Waals surface area contributed by atoms with E-state index in [-0.39, 0.29) is 12.4 Å². The maximum absolute atomic E-state index is 5.30. The Bertz CT molecular complexity index is 665. The normalized spacial score (nSPS) is 19.4. The molecule has 0 amide bonds. The van der Waals surface area contributed by atoms with Gasteiger partial charge < -0.3 is 10.1 Å². The third kappa shape index (κ3) is 4.39. The molecule has 0 atom stereocenters. The van der Waals surface area contributed by atoms with E-state index in [1.54, 1.807) is 18.4 Å². The second kappa shape index (κ2) is 8.00. The molecule has 0 spiro atoms.